The average Bonchev–Trinajstić information content (AvgIpc) is 2.17. The van der Waals surface area contributed by atoms with E-state index in [2.05, 4.69) is 29.7 Å². The molecule has 0 spiro atoms. The van der Waals surface area contributed by atoms with Crippen LogP contribution in [0.4, 0.5) is 0 Å². The van der Waals surface area contributed by atoms with Gasteiger partial charge in [-0.15, -0.1) is 4.89 Å². The molecule has 0 aromatic rings. The normalized spacial score (nSPS) is 9.73. The van der Waals surface area contributed by atoms with Gasteiger partial charge >= 0.3 is 14.2 Å². The number of carbonyl (C=O) groups is 1. The largest absolute Gasteiger partial charge is 0.698 e. The molecular formula is C9H18O5P+. The fourth-order valence-corrected chi connectivity index (χ4v) is 0.391. The number of carbonyl (C=O) groups excluding carboxylic acids is 1. The maximum absolute atomic E-state index is 10.5. The zero-order valence-electron chi connectivity index (χ0n) is 9.36. The topological polar surface area (TPSA) is 72.8 Å². The van der Waals surface area contributed by atoms with Crippen LogP contribution in [0.2, 0.25) is 0 Å². The minimum atomic E-state index is -2.71. The average molecular weight is 237 g/mol. The Morgan fingerprint density at radius 2 is 1.87 bits per heavy atom. The highest BCUT2D eigenvalue weighted by atomic mass is 31.1. The Morgan fingerprint density at radius 1 is 1.40 bits per heavy atom. The Kier molecular flexibility index (Phi) is 12.6. The van der Waals surface area contributed by atoms with Crippen molar-refractivity contribution in [3.8, 4) is 0 Å². The van der Waals surface area contributed by atoms with Crippen LogP contribution in [0.5, 0.6) is 0 Å². The second kappa shape index (κ2) is 11.3. The Hall–Kier alpha value is -0.770. The quantitative estimate of drug-likeness (QED) is 0.344. The van der Waals surface area contributed by atoms with Gasteiger partial charge in [-0.25, -0.2) is 4.79 Å². The molecule has 0 radical (unpaired) electrons. The number of ether oxygens (including phenoxy) is 1. The van der Waals surface area contributed by atoms with Crippen molar-refractivity contribution in [1.29, 1.82) is 0 Å². The molecule has 0 aromatic carbocycles. The Morgan fingerprint density at radius 3 is 2.13 bits per heavy atom. The van der Waals surface area contributed by atoms with Crippen molar-refractivity contribution >= 4 is 14.2 Å². The molecule has 5 nitrogen and oxygen atoms in total. The molecule has 0 aliphatic heterocycles. The molecule has 1 unspecified atom stereocenters. The van der Waals surface area contributed by atoms with E-state index in [-0.39, 0.29) is 5.57 Å². The van der Waals surface area contributed by atoms with Crippen molar-refractivity contribution in [2.45, 2.75) is 33.6 Å². The summed E-state index contributed by atoms with van der Waals surface area (Å²) in [5, 5.41) is 0. The summed E-state index contributed by atoms with van der Waals surface area (Å²) in [6.45, 7) is 8.58. The zero-order valence-corrected chi connectivity index (χ0v) is 10.3. The lowest BCUT2D eigenvalue weighted by atomic mass is 10.4. The maximum Gasteiger partial charge on any atom is 0.698 e. The summed E-state index contributed by atoms with van der Waals surface area (Å²) in [6.07, 6.45) is 2.64. The number of rotatable bonds is 5. The molecule has 1 atom stereocenters. The van der Waals surface area contributed by atoms with Gasteiger partial charge in [0, 0.05) is 10.1 Å². The van der Waals surface area contributed by atoms with Gasteiger partial charge in [0.25, 0.3) is 0 Å². The van der Waals surface area contributed by atoms with Gasteiger partial charge < -0.3 is 4.74 Å². The molecule has 88 valence electrons. The minimum absolute atomic E-state index is 0.210. The Bertz CT molecular complexity index is 213. The van der Waals surface area contributed by atoms with Crippen molar-refractivity contribution < 1.29 is 23.5 Å². The molecule has 0 aromatic heterocycles. The molecule has 0 aliphatic rings. The lowest BCUT2D eigenvalue weighted by Gasteiger charge is -1.96. The van der Waals surface area contributed by atoms with Gasteiger partial charge in [-0.3, -0.25) is 0 Å². The molecule has 0 saturated carbocycles. The Labute approximate surface area is 91.0 Å². The molecule has 0 aliphatic carbocycles. The van der Waals surface area contributed by atoms with Gasteiger partial charge in [-0.2, -0.15) is 0 Å². The highest BCUT2D eigenvalue weighted by Gasteiger charge is 2.13. The van der Waals surface area contributed by atoms with E-state index >= 15 is 0 Å². The number of unbranched alkanes of at least 4 members (excludes halogenated alkanes) is 1. The highest BCUT2D eigenvalue weighted by Crippen LogP contribution is 2.13. The van der Waals surface area contributed by atoms with E-state index in [1.165, 1.54) is 19.8 Å². The Balaban J connectivity index is 0. The number of hydrogen-bond donors (Lipinski definition) is 1. The monoisotopic (exact) mass is 237 g/mol. The number of esters is 1. The van der Waals surface area contributed by atoms with Crippen LogP contribution in [0.25, 0.3) is 0 Å². The molecule has 6 heteroatoms. The van der Waals surface area contributed by atoms with E-state index in [4.69, 9.17) is 4.89 Å². The molecule has 0 heterocycles. The predicted molar refractivity (Wildman–Crippen MR) is 57.3 cm³/mol. The van der Waals surface area contributed by atoms with Crippen LogP contribution >= 0.6 is 8.25 Å². The van der Waals surface area contributed by atoms with Crippen LogP contribution < -0.4 is 0 Å². The van der Waals surface area contributed by atoms with E-state index in [0.717, 1.165) is 0 Å². The van der Waals surface area contributed by atoms with Gasteiger partial charge in [0.2, 0.25) is 6.79 Å². The SMILES string of the molecule is C=C(C)C(=O)OCO[P+](=O)O.CCCC. The minimum Gasteiger partial charge on any atom is -0.430 e. The van der Waals surface area contributed by atoms with Crippen LogP contribution in [-0.2, 0) is 18.6 Å². The van der Waals surface area contributed by atoms with E-state index in [1.54, 1.807) is 0 Å². The summed E-state index contributed by atoms with van der Waals surface area (Å²) in [5.41, 5.74) is 0.210. The molecule has 0 saturated heterocycles. The summed E-state index contributed by atoms with van der Waals surface area (Å²) in [4.78, 5) is 18.6. The lowest BCUT2D eigenvalue weighted by molar-refractivity contribution is -0.145. The van der Waals surface area contributed by atoms with Crippen LogP contribution in [0.1, 0.15) is 33.6 Å². The van der Waals surface area contributed by atoms with Crippen molar-refractivity contribution in [1.82, 2.24) is 0 Å². The molecular weight excluding hydrogens is 219 g/mol. The molecule has 15 heavy (non-hydrogen) atoms. The molecule has 0 fully saturated rings. The fraction of sp³-hybridized carbons (Fsp3) is 0.667. The summed E-state index contributed by atoms with van der Waals surface area (Å²) >= 11 is 0. The first kappa shape index (κ1) is 16.7. The second-order valence-electron chi connectivity index (χ2n) is 2.70. The summed E-state index contributed by atoms with van der Waals surface area (Å²) in [7, 11) is -2.71. The zero-order chi connectivity index (χ0) is 12.3. The third-order valence-electron chi connectivity index (χ3n) is 1.20. The van der Waals surface area contributed by atoms with Gasteiger partial charge in [-0.1, -0.05) is 37.8 Å². The third-order valence-corrected chi connectivity index (χ3v) is 1.53. The molecule has 0 bridgehead atoms. The molecule has 0 rings (SSSR count). The van der Waals surface area contributed by atoms with Crippen LogP contribution in [0.3, 0.4) is 0 Å². The first-order chi connectivity index (χ1) is 6.95. The van der Waals surface area contributed by atoms with E-state index in [9.17, 15) is 9.36 Å². The van der Waals surface area contributed by atoms with Crippen molar-refractivity contribution in [3.05, 3.63) is 12.2 Å². The standard InChI is InChI=1S/C5H7O5P.C4H10/c1-4(2)5(6)9-3-10-11(7)8;1-3-4-2/h1,3H2,2H3;3-4H2,1-2H3/p+1. The van der Waals surface area contributed by atoms with Gasteiger partial charge in [-0.05, 0) is 6.92 Å². The van der Waals surface area contributed by atoms with Crippen molar-refractivity contribution in [2.75, 3.05) is 6.79 Å². The first-order valence-electron chi connectivity index (χ1n) is 4.57. The molecule has 0 amide bonds. The van der Waals surface area contributed by atoms with E-state index in [0.29, 0.717) is 0 Å². The predicted octanol–water partition coefficient (Wildman–Crippen LogP) is 2.54. The molecule has 1 N–H and O–H groups in total. The van der Waals surface area contributed by atoms with Gasteiger partial charge in [0.15, 0.2) is 0 Å². The lowest BCUT2D eigenvalue weighted by Crippen LogP contribution is -2.06. The maximum atomic E-state index is 10.5. The summed E-state index contributed by atoms with van der Waals surface area (Å²) in [6, 6.07) is 0. The number of hydrogen-bond acceptors (Lipinski definition) is 4. The smallest absolute Gasteiger partial charge is 0.430 e. The summed E-state index contributed by atoms with van der Waals surface area (Å²) < 4.78 is 18.2. The second-order valence-corrected chi connectivity index (χ2v) is 3.43. The van der Waals surface area contributed by atoms with E-state index in [1.807, 2.05) is 0 Å². The van der Waals surface area contributed by atoms with Crippen molar-refractivity contribution in [2.24, 2.45) is 0 Å². The van der Waals surface area contributed by atoms with Crippen LogP contribution in [0.15, 0.2) is 12.2 Å². The van der Waals surface area contributed by atoms with Crippen LogP contribution in [0, 0.1) is 0 Å². The van der Waals surface area contributed by atoms with Crippen LogP contribution in [-0.4, -0.2) is 17.7 Å². The van der Waals surface area contributed by atoms with E-state index < -0.39 is 21.0 Å². The summed E-state index contributed by atoms with van der Waals surface area (Å²) in [5.74, 6) is -0.651. The highest BCUT2D eigenvalue weighted by molar-refractivity contribution is 7.32. The van der Waals surface area contributed by atoms with Crippen molar-refractivity contribution in [3.63, 3.8) is 0 Å². The third kappa shape index (κ3) is 15.9. The fourth-order valence-electron chi connectivity index (χ4n) is 0.248. The van der Waals surface area contributed by atoms with Gasteiger partial charge in [0.1, 0.15) is 0 Å². The van der Waals surface area contributed by atoms with Gasteiger partial charge in [0.05, 0.1) is 0 Å². The first-order valence-corrected chi connectivity index (χ1v) is 5.70.